The van der Waals surface area contributed by atoms with Crippen molar-refractivity contribution in [3.63, 3.8) is 0 Å². The molecule has 0 radical (unpaired) electrons. The molecule has 1 heterocycles. The van der Waals surface area contributed by atoms with Crippen LogP contribution in [0.2, 0.25) is 0 Å². The van der Waals surface area contributed by atoms with Crippen molar-refractivity contribution in [2.45, 2.75) is 33.2 Å². The van der Waals surface area contributed by atoms with Crippen molar-refractivity contribution in [3.05, 3.63) is 48.1 Å². The molecule has 2 rings (SSSR count). The van der Waals surface area contributed by atoms with Gasteiger partial charge >= 0.3 is 0 Å². The summed E-state index contributed by atoms with van der Waals surface area (Å²) in [6.45, 7) is 9.92. The Hall–Kier alpha value is -2.21. The molecule has 140 valence electrons. The van der Waals surface area contributed by atoms with E-state index in [9.17, 15) is 9.59 Å². The molecule has 26 heavy (non-hydrogen) atoms. The number of nitrogens with zero attached hydrogens (tertiary/aromatic N) is 1. The largest absolute Gasteiger partial charge is 0.489 e. The van der Waals surface area contributed by atoms with Gasteiger partial charge in [0, 0.05) is 23.1 Å². The van der Waals surface area contributed by atoms with E-state index < -0.39 is 6.04 Å². The van der Waals surface area contributed by atoms with Gasteiger partial charge in [0.05, 0.1) is 5.88 Å². The normalized spacial score (nSPS) is 17.1. The van der Waals surface area contributed by atoms with E-state index in [2.05, 4.69) is 11.9 Å². The summed E-state index contributed by atoms with van der Waals surface area (Å²) >= 11 is 1.59. The van der Waals surface area contributed by atoms with Crippen molar-refractivity contribution in [2.75, 3.05) is 23.6 Å². The van der Waals surface area contributed by atoms with Crippen molar-refractivity contribution in [1.82, 2.24) is 4.90 Å². The lowest BCUT2D eigenvalue weighted by molar-refractivity contribution is -0.133. The number of carbonyl (C=O) groups excluding carboxylic acids is 2. The molecule has 5 nitrogen and oxygen atoms in total. The molecule has 1 unspecified atom stereocenters. The van der Waals surface area contributed by atoms with E-state index in [0.29, 0.717) is 35.2 Å². The van der Waals surface area contributed by atoms with E-state index in [-0.39, 0.29) is 11.8 Å². The molecule has 1 aliphatic rings. The van der Waals surface area contributed by atoms with Gasteiger partial charge in [-0.15, -0.1) is 11.8 Å². The third-order valence-electron chi connectivity index (χ3n) is 3.88. The van der Waals surface area contributed by atoms with Crippen molar-refractivity contribution >= 4 is 29.3 Å². The highest BCUT2D eigenvalue weighted by Crippen LogP contribution is 2.25. The van der Waals surface area contributed by atoms with Crippen LogP contribution in [0.15, 0.2) is 48.1 Å². The Balaban J connectivity index is 2.04. The Morgan fingerprint density at radius 3 is 2.88 bits per heavy atom. The highest BCUT2D eigenvalue weighted by atomic mass is 32.2. The van der Waals surface area contributed by atoms with E-state index >= 15 is 0 Å². The molecular formula is C20H26N2O3S. The predicted octanol–water partition coefficient (Wildman–Crippen LogP) is 3.84. The third-order valence-corrected chi connectivity index (χ3v) is 4.89. The molecule has 1 fully saturated rings. The smallest absolute Gasteiger partial charge is 0.250 e. The first-order valence-corrected chi connectivity index (χ1v) is 9.81. The van der Waals surface area contributed by atoms with Crippen LogP contribution >= 0.6 is 11.8 Å². The number of rotatable bonds is 7. The lowest BCUT2D eigenvalue weighted by Gasteiger charge is -2.23. The van der Waals surface area contributed by atoms with E-state index in [1.165, 1.54) is 0 Å². The molecule has 6 heteroatoms. The summed E-state index contributed by atoms with van der Waals surface area (Å²) in [5.74, 6) is 1.55. The zero-order valence-corrected chi connectivity index (χ0v) is 16.4. The zero-order chi connectivity index (χ0) is 19.1. The first-order valence-electron chi connectivity index (χ1n) is 8.66. The summed E-state index contributed by atoms with van der Waals surface area (Å²) in [6.07, 6.45) is 2.69. The second-order valence-electron chi connectivity index (χ2n) is 6.35. The van der Waals surface area contributed by atoms with Crippen LogP contribution in [-0.4, -0.2) is 41.0 Å². The third kappa shape index (κ3) is 5.39. The van der Waals surface area contributed by atoms with Crippen molar-refractivity contribution in [1.29, 1.82) is 0 Å². The van der Waals surface area contributed by atoms with Gasteiger partial charge in [-0.2, -0.15) is 0 Å². The average molecular weight is 375 g/mol. The molecule has 0 saturated carbocycles. The number of hydrogen-bond donors (Lipinski definition) is 1. The van der Waals surface area contributed by atoms with Crippen LogP contribution in [-0.2, 0) is 9.59 Å². The lowest BCUT2D eigenvalue weighted by Crippen LogP contribution is -2.44. The fourth-order valence-electron chi connectivity index (χ4n) is 2.58. The number of benzene rings is 1. The fraction of sp³-hybridized carbons (Fsp3) is 0.400. The van der Waals surface area contributed by atoms with Gasteiger partial charge in [0.15, 0.2) is 0 Å². The van der Waals surface area contributed by atoms with Gasteiger partial charge in [0.25, 0.3) is 5.91 Å². The summed E-state index contributed by atoms with van der Waals surface area (Å²) in [4.78, 5) is 26.9. The van der Waals surface area contributed by atoms with E-state index in [4.69, 9.17) is 4.74 Å². The van der Waals surface area contributed by atoms with E-state index in [0.717, 1.165) is 12.0 Å². The van der Waals surface area contributed by atoms with Gasteiger partial charge in [-0.1, -0.05) is 25.6 Å². The van der Waals surface area contributed by atoms with Crippen LogP contribution in [0, 0.1) is 0 Å². The minimum atomic E-state index is -0.465. The van der Waals surface area contributed by atoms with E-state index in [1.807, 2.05) is 38.1 Å². The standard InChI is InChI=1S/C20H26N2O3S/c1-5-7-15(4)20(24)22-13-26-12-18(22)19(23)21-16-8-6-9-17(10-16)25-11-14(2)3/h6-10,18H,2,5,11-13H2,1,3-4H3,(H,21,23). The second kappa shape index (κ2) is 9.48. The van der Waals surface area contributed by atoms with Crippen LogP contribution in [0.4, 0.5) is 5.69 Å². The number of hydrogen-bond acceptors (Lipinski definition) is 4. The van der Waals surface area contributed by atoms with Crippen LogP contribution in [0.25, 0.3) is 0 Å². The summed E-state index contributed by atoms with van der Waals surface area (Å²) in [6, 6.07) is 6.77. The topological polar surface area (TPSA) is 58.6 Å². The van der Waals surface area contributed by atoms with Crippen molar-refractivity contribution in [3.8, 4) is 5.75 Å². The first-order chi connectivity index (χ1) is 12.4. The molecule has 1 N–H and O–H groups in total. The van der Waals surface area contributed by atoms with Gasteiger partial charge < -0.3 is 15.0 Å². The Bertz CT molecular complexity index is 715. The summed E-state index contributed by atoms with van der Waals surface area (Å²) in [5, 5.41) is 2.90. The van der Waals surface area contributed by atoms with Crippen LogP contribution in [0.5, 0.6) is 5.75 Å². The molecule has 1 aromatic carbocycles. The number of anilines is 1. The maximum atomic E-state index is 12.7. The highest BCUT2D eigenvalue weighted by molar-refractivity contribution is 7.99. The molecular weight excluding hydrogens is 348 g/mol. The lowest BCUT2D eigenvalue weighted by atomic mass is 10.2. The summed E-state index contributed by atoms with van der Waals surface area (Å²) < 4.78 is 5.61. The zero-order valence-electron chi connectivity index (χ0n) is 15.6. The number of carbonyl (C=O) groups is 2. The Morgan fingerprint density at radius 2 is 2.19 bits per heavy atom. The van der Waals surface area contributed by atoms with Gasteiger partial charge in [0.2, 0.25) is 5.91 Å². The molecule has 0 bridgehead atoms. The predicted molar refractivity (Wildman–Crippen MR) is 107 cm³/mol. The maximum absolute atomic E-state index is 12.7. The monoisotopic (exact) mass is 374 g/mol. The minimum Gasteiger partial charge on any atom is -0.489 e. The van der Waals surface area contributed by atoms with Gasteiger partial charge in [-0.25, -0.2) is 0 Å². The average Bonchev–Trinajstić information content (AvgIpc) is 3.09. The minimum absolute atomic E-state index is 0.0736. The Kier molecular flexibility index (Phi) is 7.33. The number of allylic oxidation sites excluding steroid dienone is 1. The van der Waals surface area contributed by atoms with Crippen LogP contribution in [0.1, 0.15) is 27.2 Å². The fourth-order valence-corrected chi connectivity index (χ4v) is 3.73. The van der Waals surface area contributed by atoms with Gasteiger partial charge in [0.1, 0.15) is 18.4 Å². The molecule has 2 amide bonds. The number of ether oxygens (including phenoxy) is 1. The van der Waals surface area contributed by atoms with Crippen LogP contribution in [0.3, 0.4) is 0 Å². The maximum Gasteiger partial charge on any atom is 0.250 e. The van der Waals surface area contributed by atoms with Gasteiger partial charge in [-0.3, -0.25) is 9.59 Å². The Labute approximate surface area is 159 Å². The van der Waals surface area contributed by atoms with Crippen molar-refractivity contribution < 1.29 is 14.3 Å². The molecule has 0 spiro atoms. The SMILES string of the molecule is C=C(C)COc1cccc(NC(=O)C2CSCN2C(=O)C(C)=CCC)c1. The molecule has 1 saturated heterocycles. The van der Waals surface area contributed by atoms with E-state index in [1.54, 1.807) is 29.7 Å². The van der Waals surface area contributed by atoms with Crippen LogP contribution < -0.4 is 10.1 Å². The number of nitrogens with one attached hydrogen (secondary N) is 1. The summed E-state index contributed by atoms with van der Waals surface area (Å²) in [7, 11) is 0. The number of amides is 2. The first kappa shape index (κ1) is 20.1. The second-order valence-corrected chi connectivity index (χ2v) is 7.35. The Morgan fingerprint density at radius 1 is 1.42 bits per heavy atom. The summed E-state index contributed by atoms with van der Waals surface area (Å²) in [5.41, 5.74) is 2.26. The molecule has 0 aliphatic carbocycles. The quantitative estimate of drug-likeness (QED) is 0.582. The highest BCUT2D eigenvalue weighted by Gasteiger charge is 2.35. The molecule has 1 atom stereocenters. The number of thioether (sulfide) groups is 1. The molecule has 1 aromatic rings. The molecule has 1 aliphatic heterocycles. The molecule has 0 aromatic heterocycles. The van der Waals surface area contributed by atoms with Gasteiger partial charge in [-0.05, 0) is 38.0 Å². The van der Waals surface area contributed by atoms with Crippen molar-refractivity contribution in [2.24, 2.45) is 0 Å².